The number of halogens is 1. The number of aromatic nitrogens is 4. The summed E-state index contributed by atoms with van der Waals surface area (Å²) in [5.41, 5.74) is 0.611. The van der Waals surface area contributed by atoms with E-state index in [9.17, 15) is 9.18 Å². The van der Waals surface area contributed by atoms with E-state index in [0.717, 1.165) is 6.20 Å². The highest BCUT2D eigenvalue weighted by Gasteiger charge is 2.02. The van der Waals surface area contributed by atoms with Gasteiger partial charge >= 0.3 is 0 Å². The van der Waals surface area contributed by atoms with Crippen LogP contribution in [0.2, 0.25) is 0 Å². The quantitative estimate of drug-likeness (QED) is 0.654. The van der Waals surface area contributed by atoms with Gasteiger partial charge < -0.3 is 0 Å². The second-order valence-corrected chi connectivity index (χ2v) is 2.57. The zero-order valence-corrected chi connectivity index (χ0v) is 6.96. The van der Waals surface area contributed by atoms with E-state index in [4.69, 9.17) is 0 Å². The standard InChI is InChI=1S/C8H5FN4O/c9-6-1-8(3-10-2-6)13-4-7(5-14)11-12-13/h1-5H. The molecule has 14 heavy (non-hydrogen) atoms. The van der Waals surface area contributed by atoms with Gasteiger partial charge in [-0.15, -0.1) is 5.10 Å². The van der Waals surface area contributed by atoms with Crippen LogP contribution in [0.3, 0.4) is 0 Å². The van der Waals surface area contributed by atoms with Gasteiger partial charge in [0.2, 0.25) is 0 Å². The monoisotopic (exact) mass is 192 g/mol. The summed E-state index contributed by atoms with van der Waals surface area (Å²) in [6.07, 6.45) is 4.47. The number of hydrogen-bond donors (Lipinski definition) is 0. The van der Waals surface area contributed by atoms with E-state index in [1.807, 2.05) is 0 Å². The number of hydrogen-bond acceptors (Lipinski definition) is 4. The fourth-order valence-corrected chi connectivity index (χ4v) is 0.983. The lowest BCUT2D eigenvalue weighted by Crippen LogP contribution is -1.96. The Morgan fingerprint density at radius 1 is 1.43 bits per heavy atom. The Morgan fingerprint density at radius 3 is 2.93 bits per heavy atom. The molecule has 0 bridgehead atoms. The van der Waals surface area contributed by atoms with Gasteiger partial charge in [-0.05, 0) is 0 Å². The lowest BCUT2D eigenvalue weighted by Gasteiger charge is -1.97. The van der Waals surface area contributed by atoms with Gasteiger partial charge in [-0.2, -0.15) is 0 Å². The number of carbonyl (C=O) groups is 1. The van der Waals surface area contributed by atoms with Gasteiger partial charge in [0.15, 0.2) is 6.29 Å². The Balaban J connectivity index is 2.43. The lowest BCUT2D eigenvalue weighted by atomic mass is 10.4. The van der Waals surface area contributed by atoms with Crippen molar-refractivity contribution in [1.29, 1.82) is 0 Å². The Morgan fingerprint density at radius 2 is 2.29 bits per heavy atom. The second kappa shape index (κ2) is 3.33. The number of carbonyl (C=O) groups excluding carboxylic acids is 1. The smallest absolute Gasteiger partial charge is 0.171 e. The normalized spacial score (nSPS) is 10.1. The molecule has 0 amide bonds. The van der Waals surface area contributed by atoms with Crippen molar-refractivity contribution in [2.75, 3.05) is 0 Å². The van der Waals surface area contributed by atoms with Crippen molar-refractivity contribution in [3.63, 3.8) is 0 Å². The van der Waals surface area contributed by atoms with Crippen LogP contribution in [-0.2, 0) is 0 Å². The summed E-state index contributed by atoms with van der Waals surface area (Å²) in [7, 11) is 0. The van der Waals surface area contributed by atoms with Gasteiger partial charge in [-0.25, -0.2) is 9.07 Å². The topological polar surface area (TPSA) is 60.7 Å². The summed E-state index contributed by atoms with van der Waals surface area (Å²) in [4.78, 5) is 14.0. The van der Waals surface area contributed by atoms with Crippen molar-refractivity contribution in [3.8, 4) is 5.69 Å². The van der Waals surface area contributed by atoms with Gasteiger partial charge in [-0.3, -0.25) is 9.78 Å². The first-order chi connectivity index (χ1) is 6.79. The summed E-state index contributed by atoms with van der Waals surface area (Å²) < 4.78 is 14.0. The van der Waals surface area contributed by atoms with Crippen LogP contribution in [0.1, 0.15) is 10.5 Å². The Kier molecular flexibility index (Phi) is 2.02. The first-order valence-electron chi connectivity index (χ1n) is 3.78. The van der Waals surface area contributed by atoms with Gasteiger partial charge in [0.25, 0.3) is 0 Å². The van der Waals surface area contributed by atoms with E-state index in [2.05, 4.69) is 15.3 Å². The second-order valence-electron chi connectivity index (χ2n) is 2.57. The maximum atomic E-state index is 12.7. The fraction of sp³-hybridized carbons (Fsp3) is 0. The number of pyridine rings is 1. The van der Waals surface area contributed by atoms with Crippen molar-refractivity contribution >= 4 is 6.29 Å². The molecule has 0 aliphatic carbocycles. The van der Waals surface area contributed by atoms with Gasteiger partial charge in [0.1, 0.15) is 11.5 Å². The summed E-state index contributed by atoms with van der Waals surface area (Å²) in [5, 5.41) is 7.16. The maximum Gasteiger partial charge on any atom is 0.171 e. The predicted molar refractivity (Wildman–Crippen MR) is 44.5 cm³/mol. The zero-order valence-electron chi connectivity index (χ0n) is 6.96. The molecule has 0 aromatic carbocycles. The highest BCUT2D eigenvalue weighted by molar-refractivity contribution is 5.70. The zero-order chi connectivity index (χ0) is 9.97. The molecule has 0 unspecified atom stereocenters. The Hall–Kier alpha value is -2.11. The number of rotatable bonds is 2. The minimum atomic E-state index is -0.467. The highest BCUT2D eigenvalue weighted by Crippen LogP contribution is 2.05. The average Bonchev–Trinajstić information content (AvgIpc) is 2.66. The largest absolute Gasteiger partial charge is 0.296 e. The lowest BCUT2D eigenvalue weighted by molar-refractivity contribution is 0.111. The van der Waals surface area contributed by atoms with Crippen LogP contribution < -0.4 is 0 Å². The first-order valence-corrected chi connectivity index (χ1v) is 3.78. The molecule has 0 radical (unpaired) electrons. The van der Waals surface area contributed by atoms with Crippen LogP contribution in [0.4, 0.5) is 4.39 Å². The van der Waals surface area contributed by atoms with Gasteiger partial charge in [-0.1, -0.05) is 5.21 Å². The van der Waals surface area contributed by atoms with Crippen LogP contribution in [0.15, 0.2) is 24.7 Å². The van der Waals surface area contributed by atoms with Crippen molar-refractivity contribution < 1.29 is 9.18 Å². The third-order valence-corrected chi connectivity index (χ3v) is 1.59. The summed E-state index contributed by atoms with van der Waals surface area (Å²) in [6, 6.07) is 1.25. The van der Waals surface area contributed by atoms with E-state index < -0.39 is 5.82 Å². The molecule has 5 nitrogen and oxygen atoms in total. The van der Waals surface area contributed by atoms with Gasteiger partial charge in [0, 0.05) is 6.07 Å². The molecule has 0 saturated heterocycles. The number of aldehydes is 1. The molecule has 2 aromatic heterocycles. The van der Waals surface area contributed by atoms with E-state index in [-0.39, 0.29) is 5.69 Å². The van der Waals surface area contributed by atoms with E-state index in [1.54, 1.807) is 0 Å². The molecule has 2 rings (SSSR count). The van der Waals surface area contributed by atoms with Crippen LogP contribution in [-0.4, -0.2) is 26.3 Å². The Labute approximate surface area is 78.2 Å². The first kappa shape index (κ1) is 8.49. The summed E-state index contributed by atoms with van der Waals surface area (Å²) in [6.45, 7) is 0. The number of nitrogens with zero attached hydrogens (tertiary/aromatic N) is 4. The van der Waals surface area contributed by atoms with Crippen LogP contribution in [0, 0.1) is 5.82 Å². The van der Waals surface area contributed by atoms with E-state index >= 15 is 0 Å². The molecule has 0 aliphatic heterocycles. The van der Waals surface area contributed by atoms with E-state index in [0.29, 0.717) is 12.0 Å². The minimum Gasteiger partial charge on any atom is -0.296 e. The predicted octanol–water partition coefficient (Wildman–Crippen LogP) is 0.614. The molecule has 70 valence electrons. The molecular formula is C8H5FN4O. The molecule has 0 fully saturated rings. The Bertz CT molecular complexity index is 468. The summed E-state index contributed by atoms with van der Waals surface area (Å²) in [5.74, 6) is -0.467. The highest BCUT2D eigenvalue weighted by atomic mass is 19.1. The third kappa shape index (κ3) is 1.49. The third-order valence-electron chi connectivity index (χ3n) is 1.59. The van der Waals surface area contributed by atoms with Crippen molar-refractivity contribution in [3.05, 3.63) is 36.2 Å². The van der Waals surface area contributed by atoms with Crippen molar-refractivity contribution in [1.82, 2.24) is 20.0 Å². The van der Waals surface area contributed by atoms with Crippen LogP contribution in [0.25, 0.3) is 5.69 Å². The van der Waals surface area contributed by atoms with Crippen molar-refractivity contribution in [2.24, 2.45) is 0 Å². The molecule has 0 N–H and O–H groups in total. The van der Waals surface area contributed by atoms with Crippen molar-refractivity contribution in [2.45, 2.75) is 0 Å². The van der Waals surface area contributed by atoms with Gasteiger partial charge in [0.05, 0.1) is 24.3 Å². The minimum absolute atomic E-state index is 0.189. The molecule has 6 heteroatoms. The molecule has 2 heterocycles. The van der Waals surface area contributed by atoms with Crippen LogP contribution in [0.5, 0.6) is 0 Å². The molecular weight excluding hydrogens is 187 g/mol. The van der Waals surface area contributed by atoms with E-state index in [1.165, 1.54) is 23.1 Å². The van der Waals surface area contributed by atoms with Crippen LogP contribution >= 0.6 is 0 Å². The SMILES string of the molecule is O=Cc1cn(-c2cncc(F)c2)nn1. The average molecular weight is 192 g/mol. The fourth-order valence-electron chi connectivity index (χ4n) is 0.983. The molecule has 0 saturated carbocycles. The molecule has 0 spiro atoms. The maximum absolute atomic E-state index is 12.7. The molecule has 2 aromatic rings. The molecule has 0 atom stereocenters. The molecule has 0 aliphatic rings. The summed E-state index contributed by atoms with van der Waals surface area (Å²) >= 11 is 0.